The highest BCUT2D eigenvalue weighted by Crippen LogP contribution is 2.32. The predicted octanol–water partition coefficient (Wildman–Crippen LogP) is 4.59. The highest BCUT2D eigenvalue weighted by atomic mass is 127. The van der Waals surface area contributed by atoms with Crippen LogP contribution in [-0.2, 0) is 0 Å². The third-order valence-electron chi connectivity index (χ3n) is 2.94. The second-order valence-corrected chi connectivity index (χ2v) is 7.37. The maximum Gasteiger partial charge on any atom is 0.162 e. The van der Waals surface area contributed by atoms with Crippen LogP contribution in [0.25, 0.3) is 11.4 Å². The van der Waals surface area contributed by atoms with Gasteiger partial charge in [-0.05, 0) is 48.4 Å². The van der Waals surface area contributed by atoms with Crippen LogP contribution < -0.4 is 5.32 Å². The summed E-state index contributed by atoms with van der Waals surface area (Å²) in [4.78, 5) is 12.0. The second kappa shape index (κ2) is 5.75. The van der Waals surface area contributed by atoms with Gasteiger partial charge in [0.2, 0.25) is 0 Å². The van der Waals surface area contributed by atoms with Gasteiger partial charge in [-0.2, -0.15) is 0 Å². The molecule has 0 saturated heterocycles. The van der Waals surface area contributed by atoms with E-state index in [4.69, 9.17) is 4.98 Å². The van der Waals surface area contributed by atoms with Gasteiger partial charge in [0.25, 0.3) is 0 Å². The standard InChI is InChI=1S/C14H18IN3S/c1-7(2)12-11(15)14(16-5)18-13(17-12)10-6-8(3)19-9(10)4/h6-7H,1-5H3,(H,16,17,18). The summed E-state index contributed by atoms with van der Waals surface area (Å²) in [6, 6.07) is 2.17. The van der Waals surface area contributed by atoms with Crippen molar-refractivity contribution in [1.82, 2.24) is 9.97 Å². The Morgan fingerprint density at radius 3 is 2.42 bits per heavy atom. The van der Waals surface area contributed by atoms with Crippen LogP contribution in [0.15, 0.2) is 6.07 Å². The molecule has 0 bridgehead atoms. The van der Waals surface area contributed by atoms with Crippen molar-refractivity contribution in [3.63, 3.8) is 0 Å². The van der Waals surface area contributed by atoms with Crippen molar-refractivity contribution in [2.24, 2.45) is 0 Å². The first-order valence-corrected chi connectivity index (χ1v) is 8.16. The molecule has 2 aromatic heterocycles. The monoisotopic (exact) mass is 387 g/mol. The zero-order valence-corrected chi connectivity index (χ0v) is 14.8. The Morgan fingerprint density at radius 1 is 1.26 bits per heavy atom. The lowest BCUT2D eigenvalue weighted by Gasteiger charge is -2.13. The molecule has 0 aliphatic rings. The molecule has 0 saturated carbocycles. The number of rotatable bonds is 3. The van der Waals surface area contributed by atoms with Gasteiger partial charge >= 0.3 is 0 Å². The molecule has 2 heterocycles. The third-order valence-corrected chi connectivity index (χ3v) is 4.97. The van der Waals surface area contributed by atoms with Crippen molar-refractivity contribution < 1.29 is 0 Å². The highest BCUT2D eigenvalue weighted by molar-refractivity contribution is 14.1. The lowest BCUT2D eigenvalue weighted by molar-refractivity contribution is 0.809. The van der Waals surface area contributed by atoms with E-state index >= 15 is 0 Å². The molecule has 0 aromatic carbocycles. The van der Waals surface area contributed by atoms with Gasteiger partial charge in [-0.15, -0.1) is 11.3 Å². The van der Waals surface area contributed by atoms with E-state index in [9.17, 15) is 0 Å². The van der Waals surface area contributed by atoms with Crippen molar-refractivity contribution in [3.8, 4) is 11.4 Å². The molecule has 5 heteroatoms. The topological polar surface area (TPSA) is 37.8 Å². The lowest BCUT2D eigenvalue weighted by Crippen LogP contribution is -2.06. The van der Waals surface area contributed by atoms with Crippen molar-refractivity contribution in [1.29, 1.82) is 0 Å². The van der Waals surface area contributed by atoms with E-state index in [0.717, 1.165) is 26.5 Å². The lowest BCUT2D eigenvalue weighted by atomic mass is 10.1. The molecule has 0 aliphatic heterocycles. The molecule has 1 N–H and O–H groups in total. The van der Waals surface area contributed by atoms with Gasteiger partial charge in [-0.25, -0.2) is 9.97 Å². The smallest absolute Gasteiger partial charge is 0.162 e. The summed E-state index contributed by atoms with van der Waals surface area (Å²) in [5.41, 5.74) is 2.26. The highest BCUT2D eigenvalue weighted by Gasteiger charge is 2.17. The average Bonchev–Trinajstić information content (AvgIpc) is 2.68. The minimum atomic E-state index is 0.390. The van der Waals surface area contributed by atoms with Crippen LogP contribution in [0.5, 0.6) is 0 Å². The molecule has 0 radical (unpaired) electrons. The van der Waals surface area contributed by atoms with Gasteiger partial charge in [0, 0.05) is 22.4 Å². The summed E-state index contributed by atoms with van der Waals surface area (Å²) in [6.07, 6.45) is 0. The van der Waals surface area contributed by atoms with E-state index in [1.54, 1.807) is 11.3 Å². The van der Waals surface area contributed by atoms with Gasteiger partial charge in [0.15, 0.2) is 5.82 Å². The summed E-state index contributed by atoms with van der Waals surface area (Å²) in [6.45, 7) is 8.58. The van der Waals surface area contributed by atoms with Gasteiger partial charge in [0.1, 0.15) is 5.82 Å². The van der Waals surface area contributed by atoms with Crippen molar-refractivity contribution >= 4 is 39.7 Å². The Morgan fingerprint density at radius 2 is 1.95 bits per heavy atom. The number of aryl methyl sites for hydroxylation is 2. The van der Waals surface area contributed by atoms with E-state index in [1.807, 2.05) is 7.05 Å². The van der Waals surface area contributed by atoms with Crippen LogP contribution in [0.3, 0.4) is 0 Å². The van der Waals surface area contributed by atoms with Crippen molar-refractivity contribution in [3.05, 3.63) is 25.1 Å². The van der Waals surface area contributed by atoms with E-state index < -0.39 is 0 Å². The Balaban J connectivity index is 2.64. The number of nitrogens with zero attached hydrogens (tertiary/aromatic N) is 2. The fraction of sp³-hybridized carbons (Fsp3) is 0.429. The van der Waals surface area contributed by atoms with Gasteiger partial charge < -0.3 is 5.32 Å². The number of halogens is 1. The fourth-order valence-electron chi connectivity index (χ4n) is 1.99. The summed E-state index contributed by atoms with van der Waals surface area (Å²) in [7, 11) is 1.91. The van der Waals surface area contributed by atoms with E-state index in [2.05, 4.69) is 66.7 Å². The summed E-state index contributed by atoms with van der Waals surface area (Å²) in [5, 5.41) is 3.17. The number of thiophene rings is 1. The summed E-state index contributed by atoms with van der Waals surface area (Å²) in [5.74, 6) is 2.13. The van der Waals surface area contributed by atoms with Crippen LogP contribution in [0.4, 0.5) is 5.82 Å². The first-order valence-electron chi connectivity index (χ1n) is 6.26. The average molecular weight is 387 g/mol. The van der Waals surface area contributed by atoms with Gasteiger partial charge in [0.05, 0.1) is 9.26 Å². The van der Waals surface area contributed by atoms with Crippen LogP contribution in [0, 0.1) is 17.4 Å². The molecule has 0 aliphatic carbocycles. The second-order valence-electron chi connectivity index (χ2n) is 4.83. The number of hydrogen-bond acceptors (Lipinski definition) is 4. The summed E-state index contributed by atoms with van der Waals surface area (Å²) < 4.78 is 1.11. The minimum Gasteiger partial charge on any atom is -0.372 e. The molecule has 0 atom stereocenters. The molecule has 3 nitrogen and oxygen atoms in total. The van der Waals surface area contributed by atoms with Gasteiger partial charge in [-0.3, -0.25) is 0 Å². The largest absolute Gasteiger partial charge is 0.372 e. The summed E-state index contributed by atoms with van der Waals surface area (Å²) >= 11 is 4.11. The number of nitrogens with one attached hydrogen (secondary N) is 1. The maximum atomic E-state index is 4.77. The zero-order valence-electron chi connectivity index (χ0n) is 11.8. The predicted molar refractivity (Wildman–Crippen MR) is 91.2 cm³/mol. The van der Waals surface area contributed by atoms with Crippen molar-refractivity contribution in [2.45, 2.75) is 33.6 Å². The molecule has 0 unspecified atom stereocenters. The quantitative estimate of drug-likeness (QED) is 0.783. The molecule has 102 valence electrons. The third kappa shape index (κ3) is 2.91. The number of aromatic nitrogens is 2. The molecule has 0 spiro atoms. The zero-order chi connectivity index (χ0) is 14.2. The van der Waals surface area contributed by atoms with Gasteiger partial charge in [-0.1, -0.05) is 13.8 Å². The van der Waals surface area contributed by atoms with E-state index in [1.165, 1.54) is 9.75 Å². The normalized spacial score (nSPS) is 11.1. The first-order chi connectivity index (χ1) is 8.93. The fourth-order valence-corrected chi connectivity index (χ4v) is 4.04. The molecule has 0 fully saturated rings. The van der Waals surface area contributed by atoms with Crippen LogP contribution in [-0.4, -0.2) is 17.0 Å². The Hall–Kier alpha value is -0.690. The van der Waals surface area contributed by atoms with Crippen LogP contribution in [0.2, 0.25) is 0 Å². The maximum absolute atomic E-state index is 4.77. The first kappa shape index (κ1) is 14.7. The molecule has 0 amide bonds. The Bertz CT molecular complexity index is 605. The Labute approximate surface area is 132 Å². The molecule has 19 heavy (non-hydrogen) atoms. The minimum absolute atomic E-state index is 0.390. The number of anilines is 1. The molecule has 2 aromatic rings. The number of hydrogen-bond donors (Lipinski definition) is 1. The molecule has 2 rings (SSSR count). The Kier molecular flexibility index (Phi) is 4.45. The van der Waals surface area contributed by atoms with Crippen molar-refractivity contribution in [2.75, 3.05) is 12.4 Å². The van der Waals surface area contributed by atoms with Crippen LogP contribution >= 0.6 is 33.9 Å². The SMILES string of the molecule is CNc1nc(-c2cc(C)sc2C)nc(C(C)C)c1I. The van der Waals surface area contributed by atoms with Crippen LogP contribution in [0.1, 0.15) is 35.2 Å². The van der Waals surface area contributed by atoms with E-state index in [-0.39, 0.29) is 0 Å². The molecular weight excluding hydrogens is 369 g/mol. The van der Waals surface area contributed by atoms with E-state index in [0.29, 0.717) is 5.92 Å². The molecular formula is C14H18IN3S.